The Hall–Kier alpha value is -1.54. The topological polar surface area (TPSA) is 24.1 Å². The van der Waals surface area contributed by atoms with E-state index < -0.39 is 0 Å². The molecule has 0 radical (unpaired) electrons. The summed E-state index contributed by atoms with van der Waals surface area (Å²) in [6.07, 6.45) is 3.77. The van der Waals surface area contributed by atoms with Crippen molar-refractivity contribution in [1.82, 2.24) is 5.43 Å². The molecule has 0 amide bonds. The summed E-state index contributed by atoms with van der Waals surface area (Å²) in [6, 6.07) is 14.8. The second-order valence-electron chi connectivity index (χ2n) is 4.32. The van der Waals surface area contributed by atoms with Crippen LogP contribution in [0.2, 0.25) is 0 Å². The number of unbranched alkanes of at least 4 members (excludes halogenated alkanes) is 2. The van der Waals surface area contributed by atoms with Gasteiger partial charge in [0.25, 0.3) is 0 Å². The molecule has 0 aliphatic heterocycles. The Balaban J connectivity index is 1.90. The van der Waals surface area contributed by atoms with Gasteiger partial charge in [0.2, 0.25) is 0 Å². The van der Waals surface area contributed by atoms with Crippen LogP contribution in [0.25, 0.3) is 10.8 Å². The van der Waals surface area contributed by atoms with Gasteiger partial charge in [0.1, 0.15) is 0 Å². The van der Waals surface area contributed by atoms with Gasteiger partial charge < -0.3 is 5.43 Å². The Bertz CT molecular complexity index is 465. The van der Waals surface area contributed by atoms with Crippen molar-refractivity contribution in [2.75, 3.05) is 12.0 Å². The maximum atomic E-state index is 3.25. The van der Waals surface area contributed by atoms with E-state index in [0.29, 0.717) is 0 Å². The second kappa shape index (κ2) is 6.26. The molecule has 0 saturated heterocycles. The van der Waals surface area contributed by atoms with Crippen LogP contribution in [0.3, 0.4) is 0 Å². The average molecular weight is 228 g/mol. The van der Waals surface area contributed by atoms with Gasteiger partial charge in [-0.1, -0.05) is 50.1 Å². The van der Waals surface area contributed by atoms with Crippen LogP contribution in [0.5, 0.6) is 0 Å². The highest BCUT2D eigenvalue weighted by atomic mass is 15.3. The summed E-state index contributed by atoms with van der Waals surface area (Å²) >= 11 is 0. The number of fused-ring (bicyclic) bond motifs is 1. The van der Waals surface area contributed by atoms with Crippen LogP contribution in [-0.2, 0) is 0 Å². The number of hydrogen-bond acceptors (Lipinski definition) is 2. The summed E-state index contributed by atoms with van der Waals surface area (Å²) in [7, 11) is 0. The van der Waals surface area contributed by atoms with Crippen molar-refractivity contribution in [3.63, 3.8) is 0 Å². The lowest BCUT2D eigenvalue weighted by Crippen LogP contribution is -2.22. The molecule has 0 aromatic heterocycles. The highest BCUT2D eigenvalue weighted by Gasteiger charge is 1.94. The first-order valence-corrected chi connectivity index (χ1v) is 6.38. The zero-order valence-corrected chi connectivity index (χ0v) is 10.4. The highest BCUT2D eigenvalue weighted by molar-refractivity contribution is 5.85. The summed E-state index contributed by atoms with van der Waals surface area (Å²) in [5.41, 5.74) is 7.62. The van der Waals surface area contributed by atoms with E-state index in [0.717, 1.165) is 12.2 Å². The molecule has 0 unspecified atom stereocenters. The van der Waals surface area contributed by atoms with Crippen LogP contribution < -0.4 is 10.9 Å². The molecule has 2 heteroatoms. The monoisotopic (exact) mass is 228 g/mol. The predicted octanol–water partition coefficient (Wildman–Crippen LogP) is 3.95. The van der Waals surface area contributed by atoms with E-state index in [9.17, 15) is 0 Å². The van der Waals surface area contributed by atoms with E-state index in [2.05, 4.69) is 60.2 Å². The van der Waals surface area contributed by atoms with E-state index >= 15 is 0 Å². The minimum Gasteiger partial charge on any atom is -0.321 e. The first-order valence-electron chi connectivity index (χ1n) is 6.38. The minimum atomic E-state index is 1.01. The zero-order valence-electron chi connectivity index (χ0n) is 10.4. The number of anilines is 1. The van der Waals surface area contributed by atoms with Crippen molar-refractivity contribution in [1.29, 1.82) is 0 Å². The molecule has 2 rings (SSSR count). The summed E-state index contributed by atoms with van der Waals surface area (Å²) in [6.45, 7) is 3.23. The van der Waals surface area contributed by atoms with Gasteiger partial charge >= 0.3 is 0 Å². The molecule has 2 aromatic carbocycles. The fraction of sp³-hybridized carbons (Fsp3) is 0.333. The standard InChI is InChI=1S/C15H20N2/c1-2-3-6-11-16-17-15-10-9-13-7-4-5-8-14(13)12-15/h4-5,7-10,12,16-17H,2-3,6,11H2,1H3. The van der Waals surface area contributed by atoms with Crippen molar-refractivity contribution in [2.45, 2.75) is 26.2 Å². The van der Waals surface area contributed by atoms with Crippen LogP contribution in [0.1, 0.15) is 26.2 Å². The molecule has 0 bridgehead atoms. The van der Waals surface area contributed by atoms with Crippen LogP contribution in [0.15, 0.2) is 42.5 Å². The van der Waals surface area contributed by atoms with Crippen LogP contribution in [0.4, 0.5) is 5.69 Å². The molecule has 2 N–H and O–H groups in total. The Morgan fingerprint density at radius 2 is 1.76 bits per heavy atom. The largest absolute Gasteiger partial charge is 0.321 e. The molecule has 0 spiro atoms. The summed E-state index contributed by atoms with van der Waals surface area (Å²) in [5.74, 6) is 0. The third-order valence-electron chi connectivity index (χ3n) is 2.89. The fourth-order valence-electron chi connectivity index (χ4n) is 1.90. The summed E-state index contributed by atoms with van der Waals surface area (Å²) in [5, 5.41) is 2.55. The normalized spacial score (nSPS) is 10.6. The lowest BCUT2D eigenvalue weighted by molar-refractivity contribution is 0.662. The average Bonchev–Trinajstić information content (AvgIpc) is 2.38. The summed E-state index contributed by atoms with van der Waals surface area (Å²) in [4.78, 5) is 0. The molecule has 0 heterocycles. The van der Waals surface area contributed by atoms with Crippen molar-refractivity contribution in [3.05, 3.63) is 42.5 Å². The molecule has 2 aromatic rings. The van der Waals surface area contributed by atoms with Gasteiger partial charge in [-0.3, -0.25) is 0 Å². The van der Waals surface area contributed by atoms with Crippen molar-refractivity contribution in [2.24, 2.45) is 0 Å². The maximum Gasteiger partial charge on any atom is 0.0493 e. The summed E-state index contributed by atoms with van der Waals surface area (Å²) < 4.78 is 0. The SMILES string of the molecule is CCCCCNNc1ccc2ccccc2c1. The van der Waals surface area contributed by atoms with Gasteiger partial charge in [0.05, 0.1) is 0 Å². The van der Waals surface area contributed by atoms with Gasteiger partial charge in [-0.25, -0.2) is 5.43 Å². The predicted molar refractivity (Wildman–Crippen MR) is 75.1 cm³/mol. The van der Waals surface area contributed by atoms with E-state index in [4.69, 9.17) is 0 Å². The van der Waals surface area contributed by atoms with Crippen LogP contribution >= 0.6 is 0 Å². The van der Waals surface area contributed by atoms with Crippen LogP contribution in [0, 0.1) is 0 Å². The quantitative estimate of drug-likeness (QED) is 0.578. The number of nitrogens with one attached hydrogen (secondary N) is 2. The van der Waals surface area contributed by atoms with E-state index in [1.165, 1.54) is 30.0 Å². The third kappa shape index (κ3) is 3.46. The first-order chi connectivity index (χ1) is 8.40. The minimum absolute atomic E-state index is 1.01. The zero-order chi connectivity index (χ0) is 11.9. The van der Waals surface area contributed by atoms with Crippen molar-refractivity contribution < 1.29 is 0 Å². The molecular formula is C15H20N2. The van der Waals surface area contributed by atoms with Crippen molar-refractivity contribution >= 4 is 16.5 Å². The molecule has 17 heavy (non-hydrogen) atoms. The van der Waals surface area contributed by atoms with E-state index in [-0.39, 0.29) is 0 Å². The molecule has 0 atom stereocenters. The Morgan fingerprint density at radius 3 is 2.59 bits per heavy atom. The first kappa shape index (κ1) is 11.9. The molecule has 0 aliphatic rings. The van der Waals surface area contributed by atoms with E-state index in [1.54, 1.807) is 0 Å². The molecule has 0 aliphatic carbocycles. The molecule has 0 saturated carbocycles. The Morgan fingerprint density at radius 1 is 0.941 bits per heavy atom. The lowest BCUT2D eigenvalue weighted by atomic mass is 10.1. The highest BCUT2D eigenvalue weighted by Crippen LogP contribution is 2.18. The van der Waals surface area contributed by atoms with Gasteiger partial charge in [-0.05, 0) is 29.3 Å². The molecule has 90 valence electrons. The number of hydrazine groups is 1. The maximum absolute atomic E-state index is 3.25. The lowest BCUT2D eigenvalue weighted by Gasteiger charge is -2.09. The number of rotatable bonds is 6. The second-order valence-corrected chi connectivity index (χ2v) is 4.32. The Labute approximate surface area is 103 Å². The Kier molecular flexibility index (Phi) is 4.39. The van der Waals surface area contributed by atoms with Gasteiger partial charge in [0.15, 0.2) is 0 Å². The molecule has 2 nitrogen and oxygen atoms in total. The molecule has 0 fully saturated rings. The third-order valence-corrected chi connectivity index (χ3v) is 2.89. The van der Waals surface area contributed by atoms with E-state index in [1.807, 2.05) is 0 Å². The van der Waals surface area contributed by atoms with Gasteiger partial charge in [0, 0.05) is 12.2 Å². The molecular weight excluding hydrogens is 208 g/mol. The smallest absolute Gasteiger partial charge is 0.0493 e. The van der Waals surface area contributed by atoms with Crippen LogP contribution in [-0.4, -0.2) is 6.54 Å². The van der Waals surface area contributed by atoms with Gasteiger partial charge in [-0.15, -0.1) is 0 Å². The van der Waals surface area contributed by atoms with Crippen molar-refractivity contribution in [3.8, 4) is 0 Å². The van der Waals surface area contributed by atoms with Gasteiger partial charge in [-0.2, -0.15) is 0 Å². The number of benzene rings is 2. The fourth-order valence-corrected chi connectivity index (χ4v) is 1.90. The number of hydrogen-bond donors (Lipinski definition) is 2.